The second kappa shape index (κ2) is 4.94. The molecule has 0 bridgehead atoms. The zero-order chi connectivity index (χ0) is 11.5. The average molecular weight is 293 g/mol. The van der Waals surface area contributed by atoms with Crippen LogP contribution in [0.1, 0.15) is 5.56 Å². The number of rotatable bonds is 4. The molecule has 0 aliphatic heterocycles. The first-order valence-corrected chi connectivity index (χ1v) is 7.27. The molecule has 6 heteroatoms. The van der Waals surface area contributed by atoms with E-state index in [0.717, 1.165) is 10.0 Å². The number of aromatic nitrogens is 1. The highest BCUT2D eigenvalue weighted by Crippen LogP contribution is 2.19. The highest BCUT2D eigenvalue weighted by Gasteiger charge is 2.04. The van der Waals surface area contributed by atoms with Crippen molar-refractivity contribution in [2.45, 2.75) is 6.92 Å². The molecule has 0 aliphatic carbocycles. The van der Waals surface area contributed by atoms with Gasteiger partial charge in [0.15, 0.2) is 0 Å². The summed E-state index contributed by atoms with van der Waals surface area (Å²) in [6.45, 7) is 2.31. The van der Waals surface area contributed by atoms with Crippen LogP contribution in [0.3, 0.4) is 0 Å². The van der Waals surface area contributed by atoms with Crippen LogP contribution in [0, 0.1) is 6.92 Å². The highest BCUT2D eigenvalue weighted by atomic mass is 79.9. The van der Waals surface area contributed by atoms with Crippen molar-refractivity contribution >= 4 is 31.6 Å². The van der Waals surface area contributed by atoms with Crippen LogP contribution < -0.4 is 5.32 Å². The Morgan fingerprint density at radius 2 is 2.20 bits per heavy atom. The van der Waals surface area contributed by atoms with E-state index < -0.39 is 9.84 Å². The van der Waals surface area contributed by atoms with E-state index in [2.05, 4.69) is 26.2 Å². The van der Waals surface area contributed by atoms with E-state index in [-0.39, 0.29) is 5.75 Å². The van der Waals surface area contributed by atoms with Gasteiger partial charge in [-0.15, -0.1) is 0 Å². The molecule has 4 nitrogen and oxygen atoms in total. The maximum absolute atomic E-state index is 10.9. The average Bonchev–Trinajstić information content (AvgIpc) is 2.07. The van der Waals surface area contributed by atoms with Crippen LogP contribution in [0.4, 0.5) is 5.82 Å². The van der Waals surface area contributed by atoms with E-state index in [1.165, 1.54) is 6.26 Å². The Labute approximate surface area is 98.2 Å². The van der Waals surface area contributed by atoms with E-state index in [4.69, 9.17) is 0 Å². The lowest BCUT2D eigenvalue weighted by molar-refractivity contribution is 0.602. The van der Waals surface area contributed by atoms with E-state index in [1.54, 1.807) is 6.20 Å². The van der Waals surface area contributed by atoms with Crippen LogP contribution in [0.2, 0.25) is 0 Å². The number of aryl methyl sites for hydroxylation is 1. The summed E-state index contributed by atoms with van der Waals surface area (Å²) in [4.78, 5) is 4.14. The van der Waals surface area contributed by atoms with Gasteiger partial charge in [0.05, 0.1) is 10.2 Å². The van der Waals surface area contributed by atoms with Crippen LogP contribution in [-0.2, 0) is 9.84 Å². The van der Waals surface area contributed by atoms with Gasteiger partial charge < -0.3 is 5.32 Å². The Morgan fingerprint density at radius 3 is 2.73 bits per heavy atom. The first-order valence-electron chi connectivity index (χ1n) is 4.42. The third-order valence-corrected chi connectivity index (χ3v) is 3.29. The quantitative estimate of drug-likeness (QED) is 0.916. The van der Waals surface area contributed by atoms with E-state index in [0.29, 0.717) is 12.4 Å². The number of nitrogens with one attached hydrogen (secondary N) is 1. The smallest absolute Gasteiger partial charge is 0.149 e. The van der Waals surface area contributed by atoms with Gasteiger partial charge in [-0.25, -0.2) is 13.4 Å². The molecular weight excluding hydrogens is 280 g/mol. The van der Waals surface area contributed by atoms with Gasteiger partial charge in [-0.2, -0.15) is 0 Å². The Balaban J connectivity index is 2.59. The van der Waals surface area contributed by atoms with Crippen molar-refractivity contribution in [3.8, 4) is 0 Å². The lowest BCUT2D eigenvalue weighted by Gasteiger charge is -2.06. The molecule has 0 fully saturated rings. The predicted molar refractivity (Wildman–Crippen MR) is 64.9 cm³/mol. The number of hydrogen-bond acceptors (Lipinski definition) is 4. The van der Waals surface area contributed by atoms with Gasteiger partial charge in [-0.05, 0) is 34.5 Å². The molecule has 84 valence electrons. The second-order valence-electron chi connectivity index (χ2n) is 3.40. The van der Waals surface area contributed by atoms with Crippen molar-refractivity contribution in [2.75, 3.05) is 23.9 Å². The summed E-state index contributed by atoms with van der Waals surface area (Å²) in [5.41, 5.74) is 1.05. The SMILES string of the molecule is Cc1cnc(NCCS(C)(=O)=O)c(Br)c1. The maximum Gasteiger partial charge on any atom is 0.149 e. The fourth-order valence-electron chi connectivity index (χ4n) is 1.02. The van der Waals surface area contributed by atoms with E-state index in [9.17, 15) is 8.42 Å². The van der Waals surface area contributed by atoms with Gasteiger partial charge in [-0.1, -0.05) is 0 Å². The molecule has 0 radical (unpaired) electrons. The van der Waals surface area contributed by atoms with Crippen LogP contribution in [-0.4, -0.2) is 32.0 Å². The highest BCUT2D eigenvalue weighted by molar-refractivity contribution is 9.10. The lowest BCUT2D eigenvalue weighted by atomic mass is 10.3. The summed E-state index contributed by atoms with van der Waals surface area (Å²) >= 11 is 3.35. The molecule has 1 heterocycles. The number of halogens is 1. The van der Waals surface area contributed by atoms with Crippen molar-refractivity contribution in [2.24, 2.45) is 0 Å². The molecule has 1 aromatic rings. The molecule has 0 aliphatic rings. The standard InChI is InChI=1S/C9H13BrN2O2S/c1-7-5-8(10)9(12-6-7)11-3-4-15(2,13)14/h5-6H,3-4H2,1-2H3,(H,11,12). The molecule has 15 heavy (non-hydrogen) atoms. The Kier molecular flexibility index (Phi) is 4.10. The molecule has 0 saturated carbocycles. The minimum atomic E-state index is -2.92. The molecule has 0 atom stereocenters. The van der Waals surface area contributed by atoms with Gasteiger partial charge >= 0.3 is 0 Å². The van der Waals surface area contributed by atoms with Crippen molar-refractivity contribution in [1.82, 2.24) is 4.98 Å². The fourth-order valence-corrected chi connectivity index (χ4v) is 2.09. The second-order valence-corrected chi connectivity index (χ2v) is 6.51. The molecule has 0 aromatic carbocycles. The van der Waals surface area contributed by atoms with Crippen LogP contribution in [0.5, 0.6) is 0 Å². The van der Waals surface area contributed by atoms with Gasteiger partial charge in [0.25, 0.3) is 0 Å². The molecule has 1 rings (SSSR count). The number of pyridine rings is 1. The summed E-state index contributed by atoms with van der Waals surface area (Å²) in [5.74, 6) is 0.777. The Bertz CT molecular complexity index is 445. The van der Waals surface area contributed by atoms with Crippen LogP contribution in [0.25, 0.3) is 0 Å². The molecule has 0 unspecified atom stereocenters. The summed E-state index contributed by atoms with van der Waals surface area (Å²) < 4.78 is 22.6. The minimum absolute atomic E-state index is 0.106. The zero-order valence-corrected chi connectivity index (χ0v) is 11.0. The van der Waals surface area contributed by atoms with Crippen LogP contribution >= 0.6 is 15.9 Å². The minimum Gasteiger partial charge on any atom is -0.368 e. The first-order chi connectivity index (χ1) is 6.88. The largest absolute Gasteiger partial charge is 0.368 e. The Morgan fingerprint density at radius 1 is 1.53 bits per heavy atom. The molecule has 1 N–H and O–H groups in total. The van der Waals surface area contributed by atoms with Gasteiger partial charge in [0.1, 0.15) is 15.7 Å². The molecular formula is C9H13BrN2O2S. The monoisotopic (exact) mass is 292 g/mol. The molecule has 0 saturated heterocycles. The normalized spacial score (nSPS) is 11.4. The third kappa shape index (κ3) is 4.61. The number of anilines is 1. The third-order valence-electron chi connectivity index (χ3n) is 1.74. The van der Waals surface area contributed by atoms with Crippen molar-refractivity contribution in [3.05, 3.63) is 22.3 Å². The van der Waals surface area contributed by atoms with Crippen molar-refractivity contribution in [1.29, 1.82) is 0 Å². The number of hydrogen-bond donors (Lipinski definition) is 1. The van der Waals surface area contributed by atoms with Crippen LogP contribution in [0.15, 0.2) is 16.7 Å². The van der Waals surface area contributed by atoms with Crippen molar-refractivity contribution < 1.29 is 8.42 Å². The summed E-state index contributed by atoms with van der Waals surface area (Å²) in [6, 6.07) is 1.93. The lowest BCUT2D eigenvalue weighted by Crippen LogP contribution is -2.15. The summed E-state index contributed by atoms with van der Waals surface area (Å²) in [5, 5.41) is 2.96. The van der Waals surface area contributed by atoms with Crippen molar-refractivity contribution in [3.63, 3.8) is 0 Å². The van der Waals surface area contributed by atoms with Gasteiger partial charge in [0, 0.05) is 19.0 Å². The van der Waals surface area contributed by atoms with E-state index >= 15 is 0 Å². The number of nitrogens with zero attached hydrogens (tertiary/aromatic N) is 1. The molecule has 1 aromatic heterocycles. The molecule has 0 spiro atoms. The topological polar surface area (TPSA) is 59.1 Å². The predicted octanol–water partition coefficient (Wildman–Crippen LogP) is 1.61. The zero-order valence-electron chi connectivity index (χ0n) is 8.62. The van der Waals surface area contributed by atoms with Gasteiger partial charge in [0.2, 0.25) is 0 Å². The fraction of sp³-hybridized carbons (Fsp3) is 0.444. The van der Waals surface area contributed by atoms with E-state index in [1.807, 2.05) is 13.0 Å². The molecule has 0 amide bonds. The first kappa shape index (κ1) is 12.4. The summed E-state index contributed by atoms with van der Waals surface area (Å²) in [6.07, 6.45) is 2.94. The van der Waals surface area contributed by atoms with Gasteiger partial charge in [-0.3, -0.25) is 0 Å². The summed E-state index contributed by atoms with van der Waals surface area (Å²) in [7, 11) is -2.92. The Hall–Kier alpha value is -0.620. The number of sulfone groups is 1. The maximum atomic E-state index is 10.9.